The first-order valence-electron chi connectivity index (χ1n) is 13.1. The van der Waals surface area contributed by atoms with Crippen molar-refractivity contribution in [2.75, 3.05) is 25.1 Å². The summed E-state index contributed by atoms with van der Waals surface area (Å²) >= 11 is 0. The van der Waals surface area contributed by atoms with Gasteiger partial charge in [0.1, 0.15) is 5.75 Å². The summed E-state index contributed by atoms with van der Waals surface area (Å²) in [6, 6.07) is 12.2. The average molecular weight is 503 g/mol. The number of methoxy groups -OCH3 is 1. The summed E-state index contributed by atoms with van der Waals surface area (Å²) in [5.74, 6) is 0.0968. The van der Waals surface area contributed by atoms with Crippen LogP contribution in [0.2, 0.25) is 0 Å². The van der Waals surface area contributed by atoms with Crippen LogP contribution in [0.1, 0.15) is 67.6 Å². The second kappa shape index (κ2) is 9.92. The van der Waals surface area contributed by atoms with E-state index in [2.05, 4.69) is 17.2 Å². The molecule has 1 unspecified atom stereocenters. The van der Waals surface area contributed by atoms with Crippen molar-refractivity contribution < 1.29 is 19.1 Å². The standard InChI is InChI=1S/C29H34N4O4/c1-4-5-6-7-10-16-30-26(34)21-11-8-9-12-24(21)33-27(35)29(2)25-20(15-17-32(29)28(33)36)22-18-19(37-3)13-14-23(22)31-25/h8-9,11-14,18,31H,4-7,10,15-17H2,1-3H3,(H,30,34). The van der Waals surface area contributed by atoms with Crippen LogP contribution in [0.3, 0.4) is 0 Å². The van der Waals surface area contributed by atoms with Gasteiger partial charge >= 0.3 is 6.03 Å². The number of unbranched alkanes of at least 4 members (excludes halogenated alkanes) is 4. The molecule has 194 valence electrons. The van der Waals surface area contributed by atoms with Gasteiger partial charge in [-0.2, -0.15) is 0 Å². The summed E-state index contributed by atoms with van der Waals surface area (Å²) in [4.78, 5) is 47.1. The number of para-hydroxylation sites is 1. The molecular formula is C29H34N4O4. The van der Waals surface area contributed by atoms with Crippen molar-refractivity contribution in [3.63, 3.8) is 0 Å². The molecule has 5 rings (SSSR count). The topological polar surface area (TPSA) is 94.7 Å². The number of benzene rings is 2. The van der Waals surface area contributed by atoms with Crippen molar-refractivity contribution in [3.05, 3.63) is 59.3 Å². The maximum atomic E-state index is 14.1. The van der Waals surface area contributed by atoms with Crippen LogP contribution in [-0.4, -0.2) is 47.9 Å². The van der Waals surface area contributed by atoms with E-state index >= 15 is 0 Å². The van der Waals surface area contributed by atoms with Crippen LogP contribution in [0.4, 0.5) is 10.5 Å². The minimum Gasteiger partial charge on any atom is -0.497 e. The Bertz CT molecular complexity index is 1360. The summed E-state index contributed by atoms with van der Waals surface area (Å²) in [5, 5.41) is 3.96. The Morgan fingerprint density at radius 1 is 1.11 bits per heavy atom. The Morgan fingerprint density at radius 3 is 2.68 bits per heavy atom. The SMILES string of the molecule is CCCCCCCNC(=O)c1ccccc1N1C(=O)N2CCc3c([nH]c4ccc(OC)cc34)C2(C)C1=O. The van der Waals surface area contributed by atoms with E-state index in [0.29, 0.717) is 30.8 Å². The molecule has 1 aromatic heterocycles. The molecule has 0 saturated carbocycles. The molecule has 3 aromatic rings. The van der Waals surface area contributed by atoms with E-state index in [-0.39, 0.29) is 11.8 Å². The Morgan fingerprint density at radius 2 is 1.89 bits per heavy atom. The van der Waals surface area contributed by atoms with Crippen molar-refractivity contribution in [3.8, 4) is 5.75 Å². The van der Waals surface area contributed by atoms with Gasteiger partial charge in [-0.25, -0.2) is 9.69 Å². The van der Waals surface area contributed by atoms with Gasteiger partial charge in [-0.15, -0.1) is 0 Å². The van der Waals surface area contributed by atoms with E-state index in [1.807, 2.05) is 18.2 Å². The number of nitrogens with one attached hydrogen (secondary N) is 2. The van der Waals surface area contributed by atoms with E-state index in [9.17, 15) is 14.4 Å². The van der Waals surface area contributed by atoms with Crippen molar-refractivity contribution in [1.29, 1.82) is 0 Å². The molecule has 1 fully saturated rings. The number of aromatic nitrogens is 1. The number of aromatic amines is 1. The number of H-pyrrole nitrogens is 1. The summed E-state index contributed by atoms with van der Waals surface area (Å²) in [6.45, 7) is 4.92. The smallest absolute Gasteiger partial charge is 0.332 e. The lowest BCUT2D eigenvalue weighted by atomic mass is 9.87. The molecule has 0 aliphatic carbocycles. The Kier molecular flexibility index (Phi) is 6.67. The van der Waals surface area contributed by atoms with Crippen LogP contribution in [0.15, 0.2) is 42.5 Å². The Labute approximate surface area is 217 Å². The van der Waals surface area contributed by atoms with Gasteiger partial charge in [-0.05, 0) is 55.7 Å². The lowest BCUT2D eigenvalue weighted by Gasteiger charge is -2.35. The normalized spacial score (nSPS) is 18.8. The van der Waals surface area contributed by atoms with Crippen LogP contribution in [0.25, 0.3) is 10.9 Å². The molecule has 8 heteroatoms. The molecule has 0 spiro atoms. The highest BCUT2D eigenvalue weighted by Gasteiger charge is 2.59. The summed E-state index contributed by atoms with van der Waals surface area (Å²) in [7, 11) is 1.63. The second-order valence-corrected chi connectivity index (χ2v) is 9.97. The molecule has 8 nitrogen and oxygen atoms in total. The van der Waals surface area contributed by atoms with Gasteiger partial charge in [0.15, 0.2) is 5.54 Å². The summed E-state index contributed by atoms with van der Waals surface area (Å²) in [5.41, 5.74) is 2.08. The number of urea groups is 1. The molecule has 1 atom stereocenters. The van der Waals surface area contributed by atoms with Crippen molar-refractivity contribution in [1.82, 2.24) is 15.2 Å². The number of nitrogens with zero attached hydrogens (tertiary/aromatic N) is 2. The number of ether oxygens (including phenoxy) is 1. The molecule has 2 aromatic carbocycles. The maximum absolute atomic E-state index is 14.1. The predicted molar refractivity (Wildman–Crippen MR) is 143 cm³/mol. The quantitative estimate of drug-likeness (QED) is 0.314. The van der Waals surface area contributed by atoms with Crippen molar-refractivity contribution in [2.24, 2.45) is 0 Å². The van der Waals surface area contributed by atoms with Crippen LogP contribution < -0.4 is 15.0 Å². The monoisotopic (exact) mass is 502 g/mol. The number of fused-ring (bicyclic) bond motifs is 5. The second-order valence-electron chi connectivity index (χ2n) is 9.97. The maximum Gasteiger partial charge on any atom is 0.332 e. The number of hydrogen-bond acceptors (Lipinski definition) is 4. The number of amides is 4. The molecule has 1 saturated heterocycles. The number of hydrogen-bond donors (Lipinski definition) is 2. The molecule has 0 bridgehead atoms. The lowest BCUT2D eigenvalue weighted by molar-refractivity contribution is -0.125. The van der Waals surface area contributed by atoms with Crippen molar-refractivity contribution in [2.45, 2.75) is 57.9 Å². The molecular weight excluding hydrogens is 468 g/mol. The van der Waals surface area contributed by atoms with Gasteiger partial charge in [0, 0.05) is 24.0 Å². The number of imide groups is 1. The lowest BCUT2D eigenvalue weighted by Crippen LogP contribution is -2.49. The Hall–Kier alpha value is -3.81. The fourth-order valence-electron chi connectivity index (χ4n) is 5.64. The fraction of sp³-hybridized carbons (Fsp3) is 0.414. The Balaban J connectivity index is 1.45. The van der Waals surface area contributed by atoms with Gasteiger partial charge in [0.25, 0.3) is 11.8 Å². The van der Waals surface area contributed by atoms with Crippen LogP contribution in [-0.2, 0) is 16.8 Å². The van der Waals surface area contributed by atoms with Gasteiger partial charge in [0.05, 0.1) is 24.1 Å². The molecule has 4 amide bonds. The molecule has 0 radical (unpaired) electrons. The van der Waals surface area contributed by atoms with Gasteiger partial charge in [-0.3, -0.25) is 9.59 Å². The third kappa shape index (κ3) is 4.04. The third-order valence-electron chi connectivity index (χ3n) is 7.72. The number of carbonyl (C=O) groups excluding carboxylic acids is 3. The minimum absolute atomic E-state index is 0.278. The molecule has 37 heavy (non-hydrogen) atoms. The van der Waals surface area contributed by atoms with Gasteiger partial charge in [0.2, 0.25) is 0 Å². The molecule has 2 aliphatic heterocycles. The highest BCUT2D eigenvalue weighted by atomic mass is 16.5. The van der Waals surface area contributed by atoms with E-state index in [0.717, 1.165) is 47.2 Å². The van der Waals surface area contributed by atoms with Crippen molar-refractivity contribution >= 4 is 34.4 Å². The largest absolute Gasteiger partial charge is 0.497 e. The van der Waals surface area contributed by atoms with E-state index in [1.165, 1.54) is 17.7 Å². The van der Waals surface area contributed by atoms with E-state index in [4.69, 9.17) is 4.74 Å². The number of rotatable bonds is 9. The molecule has 2 aliphatic rings. The number of carbonyl (C=O) groups is 3. The minimum atomic E-state index is -1.19. The van der Waals surface area contributed by atoms with Gasteiger partial charge < -0.3 is 19.9 Å². The van der Waals surface area contributed by atoms with E-state index in [1.54, 1.807) is 43.2 Å². The number of anilines is 1. The third-order valence-corrected chi connectivity index (χ3v) is 7.72. The van der Waals surface area contributed by atoms with E-state index < -0.39 is 11.6 Å². The zero-order chi connectivity index (χ0) is 26.2. The van der Waals surface area contributed by atoms with Crippen LogP contribution in [0.5, 0.6) is 5.75 Å². The van der Waals surface area contributed by atoms with Crippen LogP contribution in [0, 0.1) is 0 Å². The molecule has 3 heterocycles. The zero-order valence-corrected chi connectivity index (χ0v) is 21.7. The summed E-state index contributed by atoms with van der Waals surface area (Å²) < 4.78 is 5.40. The van der Waals surface area contributed by atoms with Gasteiger partial charge in [-0.1, -0.05) is 44.7 Å². The highest BCUT2D eigenvalue weighted by molar-refractivity contribution is 6.25. The fourth-order valence-corrected chi connectivity index (χ4v) is 5.64. The first-order valence-corrected chi connectivity index (χ1v) is 13.1. The summed E-state index contributed by atoms with van der Waals surface area (Å²) in [6.07, 6.45) is 6.08. The highest BCUT2D eigenvalue weighted by Crippen LogP contribution is 2.46. The molecule has 2 N–H and O–H groups in total. The first-order chi connectivity index (χ1) is 17.9. The van der Waals surface area contributed by atoms with Crippen LogP contribution >= 0.6 is 0 Å². The average Bonchev–Trinajstić information content (AvgIpc) is 3.38. The predicted octanol–water partition coefficient (Wildman–Crippen LogP) is 5.12. The first kappa shape index (κ1) is 24.9. The zero-order valence-electron chi connectivity index (χ0n) is 21.7.